The molecule has 3 rings (SSSR count). The maximum Gasteiger partial charge on any atom is 0.269 e. The van der Waals surface area contributed by atoms with Crippen LogP contribution in [-0.4, -0.2) is 56.2 Å². The molecule has 3 amide bonds. The van der Waals surface area contributed by atoms with Gasteiger partial charge in [0.05, 0.1) is 22.7 Å². The highest BCUT2D eigenvalue weighted by Gasteiger charge is 2.26. The molecule has 34 heavy (non-hydrogen) atoms. The number of carbonyl (C=O) groups is 3. The molecular formula is C23H25ClFN5O4. The van der Waals surface area contributed by atoms with E-state index in [1.807, 2.05) is 0 Å². The molecule has 0 atom stereocenters. The van der Waals surface area contributed by atoms with Crippen molar-refractivity contribution >= 4 is 40.2 Å². The van der Waals surface area contributed by atoms with Crippen LogP contribution in [0.2, 0.25) is 5.02 Å². The number of carbonyl (C=O) groups excluding carboxylic acids is 3. The van der Waals surface area contributed by atoms with E-state index >= 15 is 0 Å². The third kappa shape index (κ3) is 6.09. The number of amides is 3. The number of aromatic nitrogens is 2. The number of fused-ring (bicyclic) bond motifs is 1. The first-order valence-corrected chi connectivity index (χ1v) is 10.8. The highest BCUT2D eigenvalue weighted by molar-refractivity contribution is 6.30. The normalized spacial score (nSPS) is 11.4. The molecular weight excluding hydrogens is 465 g/mol. The average Bonchev–Trinajstić information content (AvgIpc) is 3.12. The van der Waals surface area contributed by atoms with Crippen molar-refractivity contribution in [2.75, 3.05) is 13.1 Å². The van der Waals surface area contributed by atoms with Gasteiger partial charge in [-0.2, -0.15) is 5.10 Å². The summed E-state index contributed by atoms with van der Waals surface area (Å²) in [7, 11) is 0. The largest absolute Gasteiger partial charge is 0.389 e. The summed E-state index contributed by atoms with van der Waals surface area (Å²) in [6.45, 7) is 2.06. The lowest BCUT2D eigenvalue weighted by Gasteiger charge is -2.28. The van der Waals surface area contributed by atoms with Gasteiger partial charge in [0.1, 0.15) is 12.4 Å². The Kier molecular flexibility index (Phi) is 7.53. The molecule has 0 aliphatic carbocycles. The van der Waals surface area contributed by atoms with E-state index in [4.69, 9.17) is 17.3 Å². The second-order valence-electron chi connectivity index (χ2n) is 8.44. The van der Waals surface area contributed by atoms with Crippen molar-refractivity contribution in [2.24, 2.45) is 5.73 Å². The smallest absolute Gasteiger partial charge is 0.269 e. The quantitative estimate of drug-likeness (QED) is 0.422. The maximum atomic E-state index is 14.1. The highest BCUT2D eigenvalue weighted by atomic mass is 35.5. The summed E-state index contributed by atoms with van der Waals surface area (Å²) >= 11 is 5.76. The Hall–Kier alpha value is -3.50. The van der Waals surface area contributed by atoms with Gasteiger partial charge in [-0.05, 0) is 26.0 Å². The molecule has 0 saturated carbocycles. The number of nitrogens with one attached hydrogen (secondary N) is 1. The molecule has 11 heteroatoms. The molecule has 2 aromatic carbocycles. The molecule has 0 spiro atoms. The van der Waals surface area contributed by atoms with Crippen LogP contribution in [0.3, 0.4) is 0 Å². The van der Waals surface area contributed by atoms with Crippen LogP contribution < -0.4 is 11.1 Å². The highest BCUT2D eigenvalue weighted by Crippen LogP contribution is 2.19. The van der Waals surface area contributed by atoms with Gasteiger partial charge in [0.2, 0.25) is 11.8 Å². The summed E-state index contributed by atoms with van der Waals surface area (Å²) in [5.41, 5.74) is 4.86. The van der Waals surface area contributed by atoms with E-state index in [-0.39, 0.29) is 42.5 Å². The topological polar surface area (TPSA) is 131 Å². The summed E-state index contributed by atoms with van der Waals surface area (Å²) in [4.78, 5) is 38.6. The Morgan fingerprint density at radius 2 is 1.91 bits per heavy atom. The third-order valence-corrected chi connectivity index (χ3v) is 5.24. The van der Waals surface area contributed by atoms with Gasteiger partial charge in [-0.25, -0.2) is 4.39 Å². The number of benzene rings is 2. The van der Waals surface area contributed by atoms with Crippen LogP contribution in [0.5, 0.6) is 0 Å². The van der Waals surface area contributed by atoms with E-state index < -0.39 is 29.1 Å². The maximum absolute atomic E-state index is 14.1. The predicted molar refractivity (Wildman–Crippen MR) is 124 cm³/mol. The molecule has 4 N–H and O–H groups in total. The third-order valence-electron chi connectivity index (χ3n) is 4.95. The van der Waals surface area contributed by atoms with E-state index in [1.165, 1.54) is 35.6 Å². The Morgan fingerprint density at radius 3 is 2.59 bits per heavy atom. The molecule has 1 aromatic heterocycles. The number of nitrogens with zero attached hydrogens (tertiary/aromatic N) is 3. The summed E-state index contributed by atoms with van der Waals surface area (Å²) in [6, 6.07) is 11.2. The summed E-state index contributed by atoms with van der Waals surface area (Å²) < 4.78 is 15.4. The van der Waals surface area contributed by atoms with Crippen LogP contribution in [0.15, 0.2) is 42.5 Å². The number of nitrogens with two attached hydrogens (primary N) is 1. The van der Waals surface area contributed by atoms with Gasteiger partial charge in [0, 0.05) is 24.0 Å². The van der Waals surface area contributed by atoms with Crippen molar-refractivity contribution in [1.29, 1.82) is 0 Å². The van der Waals surface area contributed by atoms with Crippen molar-refractivity contribution in [1.82, 2.24) is 20.0 Å². The van der Waals surface area contributed by atoms with Crippen molar-refractivity contribution in [3.63, 3.8) is 0 Å². The zero-order chi connectivity index (χ0) is 25.0. The summed E-state index contributed by atoms with van der Waals surface area (Å²) in [5, 5.41) is 17.4. The fourth-order valence-corrected chi connectivity index (χ4v) is 3.66. The van der Waals surface area contributed by atoms with E-state index in [1.54, 1.807) is 30.3 Å². The number of hydrogen-bond acceptors (Lipinski definition) is 5. The van der Waals surface area contributed by atoms with Crippen LogP contribution in [0, 0.1) is 5.82 Å². The number of rotatable bonds is 9. The van der Waals surface area contributed by atoms with Gasteiger partial charge < -0.3 is 21.1 Å². The van der Waals surface area contributed by atoms with Crippen molar-refractivity contribution in [2.45, 2.75) is 32.5 Å². The van der Waals surface area contributed by atoms with Crippen LogP contribution in [-0.2, 0) is 22.7 Å². The molecule has 9 nitrogen and oxygen atoms in total. The molecule has 0 aliphatic rings. The Morgan fingerprint density at radius 1 is 1.21 bits per heavy atom. The first-order chi connectivity index (χ1) is 16.0. The fourth-order valence-electron chi connectivity index (χ4n) is 3.47. The second-order valence-corrected chi connectivity index (χ2v) is 8.85. The summed E-state index contributed by atoms with van der Waals surface area (Å²) in [6.07, 6.45) is 0. The number of aliphatic hydroxyl groups is 1. The Labute approximate surface area is 200 Å². The molecule has 1 heterocycles. The van der Waals surface area contributed by atoms with Gasteiger partial charge in [-0.15, -0.1) is 0 Å². The van der Waals surface area contributed by atoms with E-state index in [2.05, 4.69) is 10.4 Å². The molecule has 0 bridgehead atoms. The number of para-hydroxylation sites is 1. The Balaban J connectivity index is 1.76. The lowest BCUT2D eigenvalue weighted by molar-refractivity contribution is -0.139. The fraction of sp³-hybridized carbons (Fsp3) is 0.304. The van der Waals surface area contributed by atoms with Crippen molar-refractivity contribution in [3.8, 4) is 0 Å². The molecule has 0 unspecified atom stereocenters. The van der Waals surface area contributed by atoms with Crippen LogP contribution in [0.1, 0.15) is 29.9 Å². The molecule has 3 aromatic rings. The average molecular weight is 490 g/mol. The Bertz CT molecular complexity index is 1240. The van der Waals surface area contributed by atoms with E-state index in [9.17, 15) is 23.9 Å². The zero-order valence-electron chi connectivity index (χ0n) is 18.7. The van der Waals surface area contributed by atoms with Gasteiger partial charge in [0.25, 0.3) is 5.91 Å². The van der Waals surface area contributed by atoms with Gasteiger partial charge >= 0.3 is 0 Å². The van der Waals surface area contributed by atoms with E-state index in [0.29, 0.717) is 10.9 Å². The van der Waals surface area contributed by atoms with Crippen LogP contribution in [0.25, 0.3) is 10.9 Å². The first-order valence-electron chi connectivity index (χ1n) is 10.4. The molecule has 0 fully saturated rings. The lowest BCUT2D eigenvalue weighted by Crippen LogP contribution is -2.48. The van der Waals surface area contributed by atoms with Gasteiger partial charge in [-0.1, -0.05) is 41.9 Å². The SMILES string of the molecule is CC(C)(O)CN(CC(=O)NCc1cccc(Cl)c1F)C(=O)Cn1nc(C(N)=O)c2ccccc21. The predicted octanol–water partition coefficient (Wildman–Crippen LogP) is 1.84. The minimum Gasteiger partial charge on any atom is -0.389 e. The monoisotopic (exact) mass is 489 g/mol. The number of halogens is 2. The summed E-state index contributed by atoms with van der Waals surface area (Å²) in [5.74, 6) is -2.44. The minimum absolute atomic E-state index is 0.0266. The lowest BCUT2D eigenvalue weighted by atomic mass is 10.1. The van der Waals surface area contributed by atoms with Crippen LogP contribution >= 0.6 is 11.6 Å². The van der Waals surface area contributed by atoms with Gasteiger partial charge in [0.15, 0.2) is 5.69 Å². The van der Waals surface area contributed by atoms with Crippen molar-refractivity contribution < 1.29 is 23.9 Å². The second kappa shape index (κ2) is 10.2. The zero-order valence-corrected chi connectivity index (χ0v) is 19.5. The standard InChI is InChI=1S/C23H25ClFN5O4/c1-23(2,34)13-29(11-18(31)27-10-14-6-5-8-16(24)20(14)25)19(32)12-30-17-9-4-3-7-15(17)21(28-30)22(26)33/h3-9,34H,10-13H2,1-2H3,(H2,26,33)(H,27,31). The van der Waals surface area contributed by atoms with Crippen molar-refractivity contribution in [3.05, 3.63) is 64.6 Å². The molecule has 180 valence electrons. The molecule has 0 saturated heterocycles. The van der Waals surface area contributed by atoms with Gasteiger partial charge in [-0.3, -0.25) is 19.1 Å². The molecule has 0 radical (unpaired) electrons. The first kappa shape index (κ1) is 25.1. The number of primary amides is 1. The number of hydrogen-bond donors (Lipinski definition) is 3. The molecule has 0 aliphatic heterocycles. The van der Waals surface area contributed by atoms with E-state index in [0.717, 1.165) is 0 Å². The van der Waals surface area contributed by atoms with Crippen LogP contribution in [0.4, 0.5) is 4.39 Å². The minimum atomic E-state index is -1.29.